The van der Waals surface area contributed by atoms with Gasteiger partial charge in [-0.25, -0.2) is 8.42 Å². The molecule has 1 saturated heterocycles. The summed E-state index contributed by atoms with van der Waals surface area (Å²) in [4.78, 5) is 0. The van der Waals surface area contributed by atoms with E-state index in [1.807, 2.05) is 0 Å². The van der Waals surface area contributed by atoms with Crippen molar-refractivity contribution in [2.45, 2.75) is 12.8 Å². The average molecular weight is 443 g/mol. The summed E-state index contributed by atoms with van der Waals surface area (Å²) in [6, 6.07) is 8.49. The Kier molecular flexibility index (Phi) is 5.11. The van der Waals surface area contributed by atoms with Crippen LogP contribution in [0.4, 0.5) is 0 Å². The van der Waals surface area contributed by atoms with Gasteiger partial charge in [0.25, 0.3) is 0 Å². The fourth-order valence-corrected chi connectivity index (χ4v) is 5.50. The molecule has 100 valence electrons. The number of hydrogen-bond acceptors (Lipinski definition) is 2. The van der Waals surface area contributed by atoms with E-state index in [-0.39, 0.29) is 0 Å². The monoisotopic (exact) mass is 442 g/mol. The maximum Gasteiger partial charge on any atom is 0.150 e. The molecule has 2 rings (SSSR count). The topological polar surface area (TPSA) is 34.1 Å². The van der Waals surface area contributed by atoms with E-state index in [0.29, 0.717) is 23.3 Å². The number of halogens is 2. The van der Waals surface area contributed by atoms with Gasteiger partial charge in [-0.3, -0.25) is 0 Å². The average Bonchev–Trinajstić information content (AvgIpc) is 2.69. The SMILES string of the molecule is O=S1(=O)CCC(C(CBr)Cc2ccc(I)cc2)C1. The standard InChI is InChI=1S/C13H16BrIO2S/c14-8-12(11-5-6-18(16,17)9-11)7-10-1-3-13(15)4-2-10/h1-4,11-12H,5-9H2. The highest BCUT2D eigenvalue weighted by Crippen LogP contribution is 2.30. The van der Waals surface area contributed by atoms with Crippen LogP contribution in [0.25, 0.3) is 0 Å². The van der Waals surface area contributed by atoms with Crippen molar-refractivity contribution in [3.63, 3.8) is 0 Å². The molecular formula is C13H16BrIO2S. The molecule has 0 amide bonds. The molecule has 1 aromatic carbocycles. The molecule has 0 radical (unpaired) electrons. The first-order chi connectivity index (χ1) is 8.50. The number of alkyl halides is 1. The summed E-state index contributed by atoms with van der Waals surface area (Å²) in [6.07, 6.45) is 1.78. The zero-order valence-corrected chi connectivity index (χ0v) is 14.5. The van der Waals surface area contributed by atoms with Crippen LogP contribution in [0.1, 0.15) is 12.0 Å². The Morgan fingerprint density at radius 2 is 2.00 bits per heavy atom. The van der Waals surface area contributed by atoms with Crippen LogP contribution in [0.2, 0.25) is 0 Å². The van der Waals surface area contributed by atoms with Gasteiger partial charge >= 0.3 is 0 Å². The van der Waals surface area contributed by atoms with Crippen LogP contribution in [-0.2, 0) is 16.3 Å². The van der Waals surface area contributed by atoms with Crippen molar-refractivity contribution in [2.24, 2.45) is 11.8 Å². The van der Waals surface area contributed by atoms with Crippen molar-refractivity contribution in [3.05, 3.63) is 33.4 Å². The third-order valence-corrected chi connectivity index (χ3v) is 6.89. The van der Waals surface area contributed by atoms with Gasteiger partial charge in [0.15, 0.2) is 9.84 Å². The lowest BCUT2D eigenvalue weighted by Crippen LogP contribution is -2.20. The summed E-state index contributed by atoms with van der Waals surface area (Å²) in [5.41, 5.74) is 1.30. The third kappa shape index (κ3) is 3.93. The van der Waals surface area contributed by atoms with Crippen LogP contribution >= 0.6 is 38.5 Å². The highest BCUT2D eigenvalue weighted by molar-refractivity contribution is 14.1. The Morgan fingerprint density at radius 1 is 1.33 bits per heavy atom. The number of hydrogen-bond donors (Lipinski definition) is 0. The molecule has 1 aromatic rings. The fourth-order valence-electron chi connectivity index (χ4n) is 2.47. The summed E-state index contributed by atoms with van der Waals surface area (Å²) in [5, 5.41) is 0.874. The van der Waals surface area contributed by atoms with E-state index in [4.69, 9.17) is 0 Å². The zero-order chi connectivity index (χ0) is 13.2. The molecule has 1 fully saturated rings. The second-order valence-electron chi connectivity index (χ2n) is 4.91. The summed E-state index contributed by atoms with van der Waals surface area (Å²) in [6.45, 7) is 0. The molecular weight excluding hydrogens is 427 g/mol. The van der Waals surface area contributed by atoms with E-state index in [2.05, 4.69) is 62.8 Å². The second kappa shape index (κ2) is 6.22. The van der Waals surface area contributed by atoms with Crippen LogP contribution in [-0.4, -0.2) is 25.3 Å². The molecule has 2 unspecified atom stereocenters. The minimum atomic E-state index is -2.77. The van der Waals surface area contributed by atoms with Crippen molar-refractivity contribution in [1.82, 2.24) is 0 Å². The van der Waals surface area contributed by atoms with Gasteiger partial charge in [-0.05, 0) is 65.0 Å². The van der Waals surface area contributed by atoms with Crippen molar-refractivity contribution in [2.75, 3.05) is 16.8 Å². The van der Waals surface area contributed by atoms with E-state index in [0.717, 1.165) is 18.2 Å². The van der Waals surface area contributed by atoms with E-state index >= 15 is 0 Å². The van der Waals surface area contributed by atoms with Crippen LogP contribution in [0.15, 0.2) is 24.3 Å². The van der Waals surface area contributed by atoms with Crippen molar-refractivity contribution in [3.8, 4) is 0 Å². The second-order valence-corrected chi connectivity index (χ2v) is 9.03. The number of sulfone groups is 1. The maximum absolute atomic E-state index is 11.5. The normalized spacial score (nSPS) is 24.0. The number of benzene rings is 1. The summed E-state index contributed by atoms with van der Waals surface area (Å²) < 4.78 is 24.3. The third-order valence-electron chi connectivity index (χ3n) is 3.54. The summed E-state index contributed by atoms with van der Waals surface area (Å²) in [7, 11) is -2.77. The molecule has 1 aliphatic heterocycles. The Labute approximate surface area is 131 Å². The Hall–Kier alpha value is 0.380. The molecule has 18 heavy (non-hydrogen) atoms. The highest BCUT2D eigenvalue weighted by atomic mass is 127. The summed E-state index contributed by atoms with van der Waals surface area (Å²) in [5.74, 6) is 1.47. The predicted octanol–water partition coefficient (Wildman–Crippen LogP) is 3.28. The lowest BCUT2D eigenvalue weighted by atomic mass is 9.88. The van der Waals surface area contributed by atoms with Crippen molar-refractivity contribution < 1.29 is 8.42 Å². The fraction of sp³-hybridized carbons (Fsp3) is 0.538. The van der Waals surface area contributed by atoms with Crippen LogP contribution in [0.3, 0.4) is 0 Å². The van der Waals surface area contributed by atoms with Crippen LogP contribution in [0, 0.1) is 15.4 Å². The van der Waals surface area contributed by atoms with Crippen LogP contribution in [0.5, 0.6) is 0 Å². The molecule has 0 spiro atoms. The molecule has 0 aliphatic carbocycles. The van der Waals surface area contributed by atoms with Crippen LogP contribution < -0.4 is 0 Å². The molecule has 1 heterocycles. The molecule has 0 aromatic heterocycles. The van der Waals surface area contributed by atoms with E-state index in [1.54, 1.807) is 0 Å². The lowest BCUT2D eigenvalue weighted by Gasteiger charge is -2.20. The Bertz CT molecular complexity index is 498. The first kappa shape index (κ1) is 14.8. The van der Waals surface area contributed by atoms with E-state index in [9.17, 15) is 8.42 Å². The smallest absolute Gasteiger partial charge is 0.150 e. The first-order valence-corrected chi connectivity index (χ1v) is 10.0. The zero-order valence-electron chi connectivity index (χ0n) is 9.98. The summed E-state index contributed by atoms with van der Waals surface area (Å²) >= 11 is 5.83. The lowest BCUT2D eigenvalue weighted by molar-refractivity contribution is 0.402. The molecule has 2 atom stereocenters. The maximum atomic E-state index is 11.5. The van der Waals surface area contributed by atoms with Gasteiger partial charge in [-0.2, -0.15) is 0 Å². The van der Waals surface area contributed by atoms with Gasteiger partial charge in [0.1, 0.15) is 0 Å². The minimum absolute atomic E-state index is 0.314. The van der Waals surface area contributed by atoms with Gasteiger partial charge in [-0.15, -0.1) is 0 Å². The van der Waals surface area contributed by atoms with Gasteiger partial charge in [0, 0.05) is 8.90 Å². The number of rotatable bonds is 4. The van der Waals surface area contributed by atoms with E-state index in [1.165, 1.54) is 9.13 Å². The molecule has 1 aliphatic rings. The van der Waals surface area contributed by atoms with Gasteiger partial charge in [0.2, 0.25) is 0 Å². The molecule has 0 saturated carbocycles. The molecule has 5 heteroatoms. The Morgan fingerprint density at radius 3 is 2.50 bits per heavy atom. The highest BCUT2D eigenvalue weighted by Gasteiger charge is 2.33. The molecule has 2 nitrogen and oxygen atoms in total. The first-order valence-electron chi connectivity index (χ1n) is 6.01. The van der Waals surface area contributed by atoms with Crippen molar-refractivity contribution in [1.29, 1.82) is 0 Å². The van der Waals surface area contributed by atoms with E-state index < -0.39 is 9.84 Å². The minimum Gasteiger partial charge on any atom is -0.229 e. The molecule has 0 N–H and O–H groups in total. The van der Waals surface area contributed by atoms with Gasteiger partial charge < -0.3 is 0 Å². The Balaban J connectivity index is 2.04. The predicted molar refractivity (Wildman–Crippen MR) is 86.9 cm³/mol. The van der Waals surface area contributed by atoms with Gasteiger partial charge in [-0.1, -0.05) is 28.1 Å². The van der Waals surface area contributed by atoms with Gasteiger partial charge in [0.05, 0.1) is 11.5 Å². The largest absolute Gasteiger partial charge is 0.229 e. The van der Waals surface area contributed by atoms with Crippen molar-refractivity contribution >= 4 is 48.4 Å². The quantitative estimate of drug-likeness (QED) is 0.529. The molecule has 0 bridgehead atoms.